The van der Waals surface area contributed by atoms with Crippen molar-refractivity contribution < 1.29 is 27.9 Å². The fraction of sp³-hybridized carbons (Fsp3) is 0.353. The van der Waals surface area contributed by atoms with Crippen LogP contribution < -0.4 is 4.80 Å². The predicted octanol–water partition coefficient (Wildman–Crippen LogP) is 3.96. The Kier molecular flexibility index (Phi) is 5.70. The summed E-state index contributed by atoms with van der Waals surface area (Å²) in [6, 6.07) is 3.07. The van der Waals surface area contributed by atoms with E-state index in [4.69, 9.17) is 0 Å². The molecule has 1 unspecified atom stereocenters. The number of nitrogens with zero attached hydrogens (tertiary/aromatic N) is 2. The number of carbonyl (C=O) groups excluding carboxylic acids is 1. The Bertz CT molecular complexity index is 913. The van der Waals surface area contributed by atoms with Crippen LogP contribution in [0.3, 0.4) is 0 Å². The van der Waals surface area contributed by atoms with Crippen molar-refractivity contribution in [1.29, 1.82) is 0 Å². The number of aryl methyl sites for hydroxylation is 1. The molecule has 2 aromatic rings. The van der Waals surface area contributed by atoms with Crippen LogP contribution in [-0.2, 0) is 11.0 Å². The van der Waals surface area contributed by atoms with Crippen molar-refractivity contribution in [3.05, 3.63) is 50.8 Å². The average molecular weight is 386 g/mol. The second-order valence-electron chi connectivity index (χ2n) is 5.65. The first-order valence-corrected chi connectivity index (χ1v) is 8.55. The highest BCUT2D eigenvalue weighted by Gasteiger charge is 2.31. The lowest BCUT2D eigenvalue weighted by Gasteiger charge is -2.14. The van der Waals surface area contributed by atoms with Gasteiger partial charge < -0.3 is 9.67 Å². The molecule has 5 nitrogen and oxygen atoms in total. The molecule has 1 aromatic heterocycles. The number of hydrogen-bond donors (Lipinski definition) is 1. The molecular weight excluding hydrogens is 369 g/mol. The van der Waals surface area contributed by atoms with Gasteiger partial charge in [-0.15, -0.1) is 11.3 Å². The van der Waals surface area contributed by atoms with Crippen LogP contribution in [0.1, 0.15) is 45.9 Å². The van der Waals surface area contributed by atoms with Crippen molar-refractivity contribution in [2.75, 3.05) is 0 Å². The molecule has 1 heterocycles. The highest BCUT2D eigenvalue weighted by Crippen LogP contribution is 2.29. The Balaban J connectivity index is 2.56. The molecule has 140 valence electrons. The van der Waals surface area contributed by atoms with Gasteiger partial charge in [-0.2, -0.15) is 18.2 Å². The fourth-order valence-electron chi connectivity index (χ4n) is 2.46. The summed E-state index contributed by atoms with van der Waals surface area (Å²) in [6.07, 6.45) is -4.29. The molecule has 0 saturated carbocycles. The van der Waals surface area contributed by atoms with E-state index in [0.717, 1.165) is 34.4 Å². The standard InChI is InChI=1S/C17H17F3N2O3S/c1-4-13(15(24)25)22-9(2)10(3)26-16(22)21-14(23)11-6-5-7-12(8-11)17(18,19)20/h5-8,13H,4H2,1-3H3,(H,24,25). The third-order valence-electron chi connectivity index (χ3n) is 3.94. The van der Waals surface area contributed by atoms with E-state index in [2.05, 4.69) is 4.99 Å². The second-order valence-corrected chi connectivity index (χ2v) is 6.84. The fourth-order valence-corrected chi connectivity index (χ4v) is 3.48. The molecule has 0 saturated heterocycles. The molecule has 0 spiro atoms. The number of halogens is 3. The van der Waals surface area contributed by atoms with E-state index in [0.29, 0.717) is 5.69 Å². The van der Waals surface area contributed by atoms with E-state index >= 15 is 0 Å². The molecule has 9 heteroatoms. The molecule has 0 aliphatic carbocycles. The highest BCUT2D eigenvalue weighted by atomic mass is 32.1. The number of rotatable bonds is 4. The Hall–Kier alpha value is -2.42. The molecule has 26 heavy (non-hydrogen) atoms. The van der Waals surface area contributed by atoms with Crippen molar-refractivity contribution in [1.82, 2.24) is 4.57 Å². The number of carboxylic acids is 1. The lowest BCUT2D eigenvalue weighted by atomic mass is 10.1. The van der Waals surface area contributed by atoms with Gasteiger partial charge in [0.15, 0.2) is 4.80 Å². The van der Waals surface area contributed by atoms with E-state index < -0.39 is 29.7 Å². The van der Waals surface area contributed by atoms with Gasteiger partial charge in [0.1, 0.15) is 6.04 Å². The molecule has 1 amide bonds. The molecule has 0 radical (unpaired) electrons. The molecule has 0 aliphatic rings. The van der Waals surface area contributed by atoms with E-state index in [1.165, 1.54) is 10.6 Å². The SMILES string of the molecule is CCC(C(=O)O)n1c(C)c(C)sc1=NC(=O)c1cccc(C(F)(F)F)c1. The van der Waals surface area contributed by atoms with Crippen LogP contribution in [0.15, 0.2) is 29.3 Å². The number of hydrogen-bond acceptors (Lipinski definition) is 3. The lowest BCUT2D eigenvalue weighted by molar-refractivity contribution is -0.141. The van der Waals surface area contributed by atoms with Gasteiger partial charge in [-0.05, 0) is 38.5 Å². The molecule has 1 atom stereocenters. The minimum Gasteiger partial charge on any atom is -0.480 e. The van der Waals surface area contributed by atoms with Crippen LogP contribution in [0, 0.1) is 13.8 Å². The van der Waals surface area contributed by atoms with Crippen LogP contribution >= 0.6 is 11.3 Å². The maximum Gasteiger partial charge on any atom is 0.416 e. The average Bonchev–Trinajstić information content (AvgIpc) is 2.82. The first-order valence-electron chi connectivity index (χ1n) is 7.74. The van der Waals surface area contributed by atoms with E-state index in [9.17, 15) is 27.9 Å². The normalized spacial score (nSPS) is 13.7. The van der Waals surface area contributed by atoms with Gasteiger partial charge in [-0.25, -0.2) is 4.79 Å². The number of aliphatic carboxylic acids is 1. The number of benzene rings is 1. The van der Waals surface area contributed by atoms with Gasteiger partial charge in [0.25, 0.3) is 5.91 Å². The zero-order valence-electron chi connectivity index (χ0n) is 14.3. The molecule has 0 bridgehead atoms. The number of carbonyl (C=O) groups is 2. The van der Waals surface area contributed by atoms with Crippen LogP contribution in [0.2, 0.25) is 0 Å². The predicted molar refractivity (Wildman–Crippen MR) is 90.1 cm³/mol. The van der Waals surface area contributed by atoms with Crippen molar-refractivity contribution in [2.45, 2.75) is 39.4 Å². The van der Waals surface area contributed by atoms with Gasteiger partial charge in [-0.1, -0.05) is 13.0 Å². The first-order chi connectivity index (χ1) is 12.1. The largest absolute Gasteiger partial charge is 0.480 e. The summed E-state index contributed by atoms with van der Waals surface area (Å²) in [5.41, 5.74) is -0.500. The summed E-state index contributed by atoms with van der Waals surface area (Å²) in [4.78, 5) is 28.7. The van der Waals surface area contributed by atoms with Gasteiger partial charge >= 0.3 is 12.1 Å². The molecular formula is C17H17F3N2O3S. The van der Waals surface area contributed by atoms with Gasteiger partial charge in [-0.3, -0.25) is 4.79 Å². The minimum atomic E-state index is -4.57. The summed E-state index contributed by atoms with van der Waals surface area (Å²) in [6.45, 7) is 5.17. The maximum atomic E-state index is 12.8. The maximum absolute atomic E-state index is 12.8. The van der Waals surface area contributed by atoms with Crippen LogP contribution in [0.25, 0.3) is 0 Å². The van der Waals surface area contributed by atoms with E-state index in [1.807, 2.05) is 0 Å². The number of alkyl halides is 3. The quantitative estimate of drug-likeness (QED) is 0.865. The van der Waals surface area contributed by atoms with Crippen molar-refractivity contribution >= 4 is 23.2 Å². The second kappa shape index (κ2) is 7.45. The van der Waals surface area contributed by atoms with Gasteiger partial charge in [0.2, 0.25) is 0 Å². The van der Waals surface area contributed by atoms with Crippen molar-refractivity contribution in [2.24, 2.45) is 4.99 Å². The summed E-state index contributed by atoms with van der Waals surface area (Å²) in [5, 5.41) is 9.39. The Morgan fingerprint density at radius 3 is 2.50 bits per heavy atom. The molecule has 2 rings (SSSR count). The summed E-state index contributed by atoms with van der Waals surface area (Å²) in [7, 11) is 0. The summed E-state index contributed by atoms with van der Waals surface area (Å²) < 4.78 is 39.9. The Morgan fingerprint density at radius 1 is 1.31 bits per heavy atom. The lowest BCUT2D eigenvalue weighted by Crippen LogP contribution is -2.28. The smallest absolute Gasteiger partial charge is 0.416 e. The van der Waals surface area contributed by atoms with Gasteiger partial charge in [0.05, 0.1) is 5.56 Å². The van der Waals surface area contributed by atoms with Crippen LogP contribution in [0.4, 0.5) is 13.2 Å². The Morgan fingerprint density at radius 2 is 1.96 bits per heavy atom. The zero-order chi connectivity index (χ0) is 19.6. The highest BCUT2D eigenvalue weighted by molar-refractivity contribution is 7.09. The third-order valence-corrected chi connectivity index (χ3v) is 5.01. The monoisotopic (exact) mass is 386 g/mol. The number of carboxylic acid groups (broad SMARTS) is 1. The summed E-state index contributed by atoms with van der Waals surface area (Å²) >= 11 is 1.12. The zero-order valence-corrected chi connectivity index (χ0v) is 15.1. The van der Waals surface area contributed by atoms with Crippen LogP contribution in [-0.4, -0.2) is 21.6 Å². The molecule has 1 N–H and O–H groups in total. The third kappa shape index (κ3) is 4.04. The molecule has 1 aromatic carbocycles. The van der Waals surface area contributed by atoms with E-state index in [-0.39, 0.29) is 16.8 Å². The van der Waals surface area contributed by atoms with Crippen LogP contribution in [0.5, 0.6) is 0 Å². The Labute approximate surface area is 151 Å². The van der Waals surface area contributed by atoms with Gasteiger partial charge in [0, 0.05) is 16.1 Å². The van der Waals surface area contributed by atoms with Crippen molar-refractivity contribution in [3.63, 3.8) is 0 Å². The first kappa shape index (κ1) is 19.9. The number of aromatic nitrogens is 1. The van der Waals surface area contributed by atoms with E-state index in [1.54, 1.807) is 20.8 Å². The minimum absolute atomic E-state index is 0.150. The van der Waals surface area contributed by atoms with Crippen molar-refractivity contribution in [3.8, 4) is 0 Å². The number of thiazole rings is 1. The summed E-state index contributed by atoms with van der Waals surface area (Å²) in [5.74, 6) is -1.92. The number of amides is 1. The molecule has 0 fully saturated rings. The molecule has 0 aliphatic heterocycles. The topological polar surface area (TPSA) is 71.7 Å².